The molecule has 5 rings (SSSR count). The quantitative estimate of drug-likeness (QED) is 0.248. The van der Waals surface area contributed by atoms with Crippen molar-refractivity contribution in [3.05, 3.63) is 83.0 Å². The summed E-state index contributed by atoms with van der Waals surface area (Å²) in [5, 5.41) is 10.5. The monoisotopic (exact) mass is 596 g/mol. The number of nitrogens with zero attached hydrogens (tertiary/aromatic N) is 4. The fraction of sp³-hybridized carbons (Fsp3) is 0.382. The number of pyridine rings is 1. The lowest BCUT2D eigenvalue weighted by atomic mass is 9.71. The molecule has 3 amide bonds. The Labute approximate surface area is 257 Å². The summed E-state index contributed by atoms with van der Waals surface area (Å²) < 4.78 is 5.20. The lowest BCUT2D eigenvalue weighted by Gasteiger charge is -2.34. The SMILES string of the molecule is COc1ccc(N2C(=O)CC(N(Cc3ccccc3)C(=O)CSc3nc4c(cc3C#N)CC(C(C)(C)C)CC4)C2=O)cc1. The molecule has 8 nitrogen and oxygen atoms in total. The Hall–Kier alpha value is -4.16. The molecule has 0 radical (unpaired) electrons. The Morgan fingerprint density at radius 2 is 1.84 bits per heavy atom. The fourth-order valence-electron chi connectivity index (χ4n) is 5.80. The van der Waals surface area contributed by atoms with E-state index in [1.165, 1.54) is 16.7 Å². The van der Waals surface area contributed by atoms with Crippen LogP contribution in [0.15, 0.2) is 65.7 Å². The second kappa shape index (κ2) is 12.6. The molecule has 9 heteroatoms. The van der Waals surface area contributed by atoms with E-state index in [4.69, 9.17) is 9.72 Å². The van der Waals surface area contributed by atoms with Gasteiger partial charge in [-0.2, -0.15) is 5.26 Å². The maximum Gasteiger partial charge on any atom is 0.257 e. The summed E-state index contributed by atoms with van der Waals surface area (Å²) in [6.45, 7) is 6.92. The van der Waals surface area contributed by atoms with Crippen LogP contribution in [0.1, 0.15) is 56.0 Å². The van der Waals surface area contributed by atoms with Gasteiger partial charge in [0.25, 0.3) is 5.91 Å². The molecule has 0 spiro atoms. The maximum absolute atomic E-state index is 13.8. The van der Waals surface area contributed by atoms with E-state index in [1.807, 2.05) is 36.4 Å². The van der Waals surface area contributed by atoms with Crippen LogP contribution in [0.5, 0.6) is 5.75 Å². The molecule has 1 saturated heterocycles. The molecule has 43 heavy (non-hydrogen) atoms. The summed E-state index contributed by atoms with van der Waals surface area (Å²) in [7, 11) is 1.55. The van der Waals surface area contributed by atoms with Crippen LogP contribution in [0.4, 0.5) is 5.69 Å². The Bertz CT molecular complexity index is 1560. The molecule has 2 aliphatic rings. The molecule has 0 bridgehead atoms. The van der Waals surface area contributed by atoms with Gasteiger partial charge in [-0.05, 0) is 72.1 Å². The van der Waals surface area contributed by atoms with Crippen molar-refractivity contribution >= 4 is 35.2 Å². The number of fused-ring (bicyclic) bond motifs is 1. The summed E-state index contributed by atoms with van der Waals surface area (Å²) in [6.07, 6.45) is 2.65. The molecule has 2 atom stereocenters. The number of methoxy groups -OCH3 is 1. The van der Waals surface area contributed by atoms with E-state index in [-0.39, 0.29) is 35.9 Å². The van der Waals surface area contributed by atoms with Gasteiger partial charge in [0, 0.05) is 12.2 Å². The van der Waals surface area contributed by atoms with Crippen molar-refractivity contribution in [2.45, 2.75) is 64.1 Å². The molecule has 3 aromatic rings. The van der Waals surface area contributed by atoms with E-state index < -0.39 is 11.9 Å². The molecule has 2 heterocycles. The first-order valence-corrected chi connectivity index (χ1v) is 15.5. The van der Waals surface area contributed by atoms with Gasteiger partial charge in [-0.1, -0.05) is 62.9 Å². The Morgan fingerprint density at radius 1 is 1.12 bits per heavy atom. The number of amides is 3. The number of aryl methyl sites for hydroxylation is 1. The predicted molar refractivity (Wildman–Crippen MR) is 166 cm³/mol. The summed E-state index contributed by atoms with van der Waals surface area (Å²) >= 11 is 1.21. The minimum atomic E-state index is -0.941. The van der Waals surface area contributed by atoms with Crippen LogP contribution in [0.25, 0.3) is 0 Å². The normalized spacial score (nSPS) is 18.3. The topological polar surface area (TPSA) is 104 Å². The fourth-order valence-corrected chi connectivity index (χ4v) is 6.66. The largest absolute Gasteiger partial charge is 0.497 e. The van der Waals surface area contributed by atoms with E-state index >= 15 is 0 Å². The van der Waals surface area contributed by atoms with Crippen LogP contribution in [-0.2, 0) is 33.8 Å². The third-order valence-electron chi connectivity index (χ3n) is 8.38. The van der Waals surface area contributed by atoms with Crippen molar-refractivity contribution < 1.29 is 19.1 Å². The number of imide groups is 1. The number of hydrogen-bond donors (Lipinski definition) is 0. The van der Waals surface area contributed by atoms with E-state index in [0.717, 1.165) is 41.0 Å². The molecule has 2 unspecified atom stereocenters. The van der Waals surface area contributed by atoms with Crippen LogP contribution in [0, 0.1) is 22.7 Å². The number of aromatic nitrogens is 1. The molecule has 222 valence electrons. The first kappa shape index (κ1) is 30.3. The van der Waals surface area contributed by atoms with Crippen LogP contribution in [0.2, 0.25) is 0 Å². The molecule has 1 aromatic heterocycles. The minimum absolute atomic E-state index is 0.0155. The molecular weight excluding hydrogens is 560 g/mol. The molecule has 1 aliphatic heterocycles. The molecule has 0 N–H and O–H groups in total. The van der Waals surface area contributed by atoms with Crippen LogP contribution < -0.4 is 9.64 Å². The number of benzene rings is 2. The zero-order chi connectivity index (χ0) is 30.7. The van der Waals surface area contributed by atoms with Crippen molar-refractivity contribution in [2.24, 2.45) is 11.3 Å². The Balaban J connectivity index is 1.37. The molecule has 0 saturated carbocycles. The molecule has 2 aromatic carbocycles. The highest BCUT2D eigenvalue weighted by Crippen LogP contribution is 2.38. The highest BCUT2D eigenvalue weighted by atomic mass is 32.2. The van der Waals surface area contributed by atoms with Crippen LogP contribution >= 0.6 is 11.8 Å². The summed E-state index contributed by atoms with van der Waals surface area (Å²) in [5.41, 5.74) is 4.01. The van der Waals surface area contributed by atoms with Gasteiger partial charge in [0.2, 0.25) is 11.8 Å². The second-order valence-electron chi connectivity index (χ2n) is 12.1. The zero-order valence-corrected chi connectivity index (χ0v) is 25.8. The highest BCUT2D eigenvalue weighted by Gasteiger charge is 2.44. The third kappa shape index (κ3) is 6.60. The van der Waals surface area contributed by atoms with Gasteiger partial charge in [0.1, 0.15) is 22.9 Å². The van der Waals surface area contributed by atoms with Crippen molar-refractivity contribution in [1.82, 2.24) is 9.88 Å². The number of rotatable bonds is 8. The summed E-state index contributed by atoms with van der Waals surface area (Å²) in [4.78, 5) is 48.1. The van der Waals surface area contributed by atoms with Gasteiger partial charge in [-0.15, -0.1) is 0 Å². The van der Waals surface area contributed by atoms with Crippen molar-refractivity contribution in [1.29, 1.82) is 5.26 Å². The second-order valence-corrected chi connectivity index (χ2v) is 13.1. The van der Waals surface area contributed by atoms with E-state index in [9.17, 15) is 19.6 Å². The number of ether oxygens (including phenoxy) is 1. The van der Waals surface area contributed by atoms with Gasteiger partial charge < -0.3 is 9.64 Å². The van der Waals surface area contributed by atoms with Gasteiger partial charge in [0.15, 0.2) is 0 Å². The predicted octanol–water partition coefficient (Wildman–Crippen LogP) is 5.57. The Morgan fingerprint density at radius 3 is 2.49 bits per heavy atom. The summed E-state index contributed by atoms with van der Waals surface area (Å²) in [5.74, 6) is 0.00638. The van der Waals surface area contributed by atoms with Crippen molar-refractivity contribution in [2.75, 3.05) is 17.8 Å². The molecule has 1 fully saturated rings. The van der Waals surface area contributed by atoms with E-state index in [1.54, 1.807) is 31.4 Å². The van der Waals surface area contributed by atoms with E-state index in [2.05, 4.69) is 26.8 Å². The average Bonchev–Trinajstić information content (AvgIpc) is 3.30. The van der Waals surface area contributed by atoms with Crippen LogP contribution in [0.3, 0.4) is 0 Å². The summed E-state index contributed by atoms with van der Waals surface area (Å²) in [6, 6.07) is 19.4. The first-order chi connectivity index (χ1) is 20.6. The van der Waals surface area contributed by atoms with Gasteiger partial charge in [-0.25, -0.2) is 9.88 Å². The van der Waals surface area contributed by atoms with Crippen molar-refractivity contribution in [3.8, 4) is 11.8 Å². The zero-order valence-electron chi connectivity index (χ0n) is 25.0. The van der Waals surface area contributed by atoms with Gasteiger partial charge >= 0.3 is 0 Å². The lowest BCUT2D eigenvalue weighted by Crippen LogP contribution is -2.45. The molecule has 1 aliphatic carbocycles. The molecular formula is C34H36N4O4S. The third-order valence-corrected chi connectivity index (χ3v) is 9.35. The number of hydrogen-bond acceptors (Lipinski definition) is 7. The average molecular weight is 597 g/mol. The number of thioether (sulfide) groups is 1. The lowest BCUT2D eigenvalue weighted by molar-refractivity contribution is -0.136. The number of anilines is 1. The number of carbonyl (C=O) groups is 3. The maximum atomic E-state index is 13.8. The van der Waals surface area contributed by atoms with Crippen LogP contribution in [-0.4, -0.2) is 46.5 Å². The smallest absolute Gasteiger partial charge is 0.257 e. The highest BCUT2D eigenvalue weighted by molar-refractivity contribution is 8.00. The van der Waals surface area contributed by atoms with Crippen molar-refractivity contribution in [3.63, 3.8) is 0 Å². The number of carbonyl (C=O) groups excluding carboxylic acids is 3. The first-order valence-electron chi connectivity index (χ1n) is 14.5. The number of nitriles is 1. The van der Waals surface area contributed by atoms with Gasteiger partial charge in [-0.3, -0.25) is 14.4 Å². The van der Waals surface area contributed by atoms with E-state index in [0.29, 0.717) is 27.9 Å². The minimum Gasteiger partial charge on any atom is -0.497 e. The van der Waals surface area contributed by atoms with Gasteiger partial charge in [0.05, 0.1) is 30.5 Å². The standard InChI is InChI=1S/C34H36N4O4S/c1-34(2,3)25-10-15-28-23(17-25)16-24(19-35)32(36-28)43-21-31(40)37(20-22-8-6-5-7-9-22)29-18-30(39)38(33(29)41)26-11-13-27(42-4)14-12-26/h5-9,11-14,16,25,29H,10,15,17-18,20-21H2,1-4H3. The Kier molecular flexibility index (Phi) is 8.88.